The van der Waals surface area contributed by atoms with Gasteiger partial charge >= 0.3 is 11.7 Å². The first-order chi connectivity index (χ1) is 9.88. The first-order valence-corrected chi connectivity index (χ1v) is 7.09. The van der Waals surface area contributed by atoms with Crippen LogP contribution in [0.25, 0.3) is 0 Å². The van der Waals surface area contributed by atoms with Gasteiger partial charge in [0.2, 0.25) is 5.13 Å². The van der Waals surface area contributed by atoms with Crippen molar-refractivity contribution >= 4 is 39.9 Å². The predicted octanol–water partition coefficient (Wildman–Crippen LogP) is 1.76. The van der Waals surface area contributed by atoms with Gasteiger partial charge < -0.3 is 10.0 Å². The summed E-state index contributed by atoms with van der Waals surface area (Å²) < 4.78 is 0.442. The number of nitrogens with zero attached hydrogens (tertiary/aromatic N) is 5. The van der Waals surface area contributed by atoms with Crippen molar-refractivity contribution < 1.29 is 14.8 Å². The first-order valence-electron chi connectivity index (χ1n) is 5.46. The number of pyridine rings is 1. The van der Waals surface area contributed by atoms with Gasteiger partial charge in [0.1, 0.15) is 5.69 Å². The van der Waals surface area contributed by atoms with Crippen molar-refractivity contribution in [1.82, 2.24) is 15.2 Å². The minimum Gasteiger partial charge on any atom is -0.477 e. The number of anilines is 1. The molecule has 0 saturated heterocycles. The summed E-state index contributed by atoms with van der Waals surface area (Å²) in [5.41, 5.74) is -0.535. The Morgan fingerprint density at radius 1 is 1.43 bits per heavy atom. The molecular formula is C10H9N5O4S2. The van der Waals surface area contributed by atoms with E-state index >= 15 is 0 Å². The molecule has 0 spiro atoms. The Morgan fingerprint density at radius 3 is 2.67 bits per heavy atom. The van der Waals surface area contributed by atoms with Crippen LogP contribution in [0, 0.1) is 10.1 Å². The molecule has 11 heteroatoms. The van der Waals surface area contributed by atoms with E-state index in [1.54, 1.807) is 19.0 Å². The molecule has 0 radical (unpaired) electrons. The van der Waals surface area contributed by atoms with Gasteiger partial charge in [-0.25, -0.2) is 9.78 Å². The molecule has 0 aliphatic heterocycles. The first kappa shape index (κ1) is 15.1. The highest BCUT2D eigenvalue weighted by Gasteiger charge is 2.21. The molecule has 2 aromatic rings. The zero-order chi connectivity index (χ0) is 15.6. The molecule has 0 unspecified atom stereocenters. The van der Waals surface area contributed by atoms with E-state index in [1.165, 1.54) is 11.3 Å². The highest BCUT2D eigenvalue weighted by atomic mass is 32.2. The number of rotatable bonds is 5. The average Bonchev–Trinajstić information content (AvgIpc) is 2.87. The second-order valence-electron chi connectivity index (χ2n) is 3.93. The fraction of sp³-hybridized carbons (Fsp3) is 0.200. The van der Waals surface area contributed by atoms with Gasteiger partial charge in [0.15, 0.2) is 9.37 Å². The molecule has 0 amide bonds. The van der Waals surface area contributed by atoms with Crippen molar-refractivity contribution in [3.8, 4) is 0 Å². The maximum atomic E-state index is 11.0. The molecule has 2 aromatic heterocycles. The summed E-state index contributed by atoms with van der Waals surface area (Å²) in [6.07, 6.45) is 0. The Kier molecular flexibility index (Phi) is 4.33. The van der Waals surface area contributed by atoms with Crippen LogP contribution in [0.1, 0.15) is 10.5 Å². The summed E-state index contributed by atoms with van der Waals surface area (Å²) in [6.45, 7) is 0. The van der Waals surface area contributed by atoms with Crippen molar-refractivity contribution in [2.24, 2.45) is 0 Å². The molecule has 9 nitrogen and oxygen atoms in total. The molecule has 0 aliphatic rings. The highest BCUT2D eigenvalue weighted by Crippen LogP contribution is 2.36. The van der Waals surface area contributed by atoms with E-state index in [-0.39, 0.29) is 16.4 Å². The van der Waals surface area contributed by atoms with Crippen LogP contribution < -0.4 is 4.90 Å². The van der Waals surface area contributed by atoms with Crippen LogP contribution >= 0.6 is 23.1 Å². The topological polar surface area (TPSA) is 122 Å². The Balaban J connectivity index is 2.38. The average molecular weight is 327 g/mol. The largest absolute Gasteiger partial charge is 0.477 e. The number of hydrogen-bond donors (Lipinski definition) is 1. The van der Waals surface area contributed by atoms with E-state index in [0.717, 1.165) is 23.9 Å². The third kappa shape index (κ3) is 3.44. The Bertz CT molecular complexity index is 703. The molecule has 0 saturated carbocycles. The number of nitro groups is 1. The Labute approximate surface area is 126 Å². The molecule has 21 heavy (non-hydrogen) atoms. The van der Waals surface area contributed by atoms with Crippen LogP contribution in [0.15, 0.2) is 21.5 Å². The summed E-state index contributed by atoms with van der Waals surface area (Å²) in [5.74, 6) is -1.25. The number of hydrogen-bond acceptors (Lipinski definition) is 9. The van der Waals surface area contributed by atoms with Crippen LogP contribution in [0.5, 0.6) is 0 Å². The second-order valence-corrected chi connectivity index (χ2v) is 6.12. The summed E-state index contributed by atoms with van der Waals surface area (Å²) in [7, 11) is 3.58. The van der Waals surface area contributed by atoms with Gasteiger partial charge in [0.25, 0.3) is 0 Å². The van der Waals surface area contributed by atoms with Crippen molar-refractivity contribution in [2.75, 3.05) is 19.0 Å². The normalized spacial score (nSPS) is 10.4. The summed E-state index contributed by atoms with van der Waals surface area (Å²) in [5, 5.41) is 28.3. The minimum atomic E-state index is -1.25. The molecule has 0 fully saturated rings. The van der Waals surface area contributed by atoms with E-state index < -0.39 is 10.9 Å². The lowest BCUT2D eigenvalue weighted by Gasteiger charge is -2.03. The number of aromatic carboxylic acids is 1. The van der Waals surface area contributed by atoms with Gasteiger partial charge in [0.05, 0.1) is 4.92 Å². The van der Waals surface area contributed by atoms with Gasteiger partial charge in [-0.05, 0) is 17.8 Å². The standard InChI is InChI=1S/C10H9N5O4S2/c1-14(2)9-12-13-10(21-9)20-7-6(15(18)19)4-3-5(11-7)8(16)17/h3-4H,1-2H3,(H,16,17). The van der Waals surface area contributed by atoms with Gasteiger partial charge in [-0.3, -0.25) is 10.1 Å². The van der Waals surface area contributed by atoms with Crippen LogP contribution in [0.2, 0.25) is 0 Å². The molecule has 0 aliphatic carbocycles. The fourth-order valence-corrected chi connectivity index (χ4v) is 3.04. The van der Waals surface area contributed by atoms with Crippen molar-refractivity contribution in [3.05, 3.63) is 27.9 Å². The lowest BCUT2D eigenvalue weighted by molar-refractivity contribution is -0.388. The fourth-order valence-electron chi connectivity index (χ4n) is 1.27. The third-order valence-electron chi connectivity index (χ3n) is 2.22. The SMILES string of the molecule is CN(C)c1nnc(Sc2nc(C(=O)O)ccc2[N+](=O)[O-])s1. The minimum absolute atomic E-state index is 0.0265. The van der Waals surface area contributed by atoms with Gasteiger partial charge in [0, 0.05) is 20.2 Å². The monoisotopic (exact) mass is 327 g/mol. The smallest absolute Gasteiger partial charge is 0.354 e. The molecule has 2 rings (SSSR count). The lowest BCUT2D eigenvalue weighted by Crippen LogP contribution is -2.07. The van der Waals surface area contributed by atoms with E-state index in [4.69, 9.17) is 5.11 Å². The molecule has 0 bridgehead atoms. The highest BCUT2D eigenvalue weighted by molar-refractivity contribution is 8.01. The maximum absolute atomic E-state index is 11.0. The van der Waals surface area contributed by atoms with Crippen LogP contribution in [-0.2, 0) is 0 Å². The lowest BCUT2D eigenvalue weighted by atomic mass is 10.3. The van der Waals surface area contributed by atoms with Crippen LogP contribution in [0.3, 0.4) is 0 Å². The van der Waals surface area contributed by atoms with E-state index in [1.807, 2.05) is 0 Å². The molecule has 0 atom stereocenters. The third-order valence-corrected chi connectivity index (χ3v) is 4.35. The molecular weight excluding hydrogens is 318 g/mol. The molecule has 1 N–H and O–H groups in total. The maximum Gasteiger partial charge on any atom is 0.354 e. The quantitative estimate of drug-likeness (QED) is 0.646. The zero-order valence-electron chi connectivity index (χ0n) is 10.9. The summed E-state index contributed by atoms with van der Waals surface area (Å²) in [4.78, 5) is 26.8. The van der Waals surface area contributed by atoms with Gasteiger partial charge in [-0.1, -0.05) is 11.3 Å². The number of carboxylic acids is 1. The summed E-state index contributed by atoms with van der Waals surface area (Å²) >= 11 is 2.14. The predicted molar refractivity (Wildman–Crippen MR) is 76.2 cm³/mol. The van der Waals surface area contributed by atoms with Gasteiger partial charge in [-0.2, -0.15) is 0 Å². The molecule has 2 heterocycles. The number of carboxylic acid groups (broad SMARTS) is 1. The van der Waals surface area contributed by atoms with Crippen molar-refractivity contribution in [3.63, 3.8) is 0 Å². The summed E-state index contributed by atoms with van der Waals surface area (Å²) in [6, 6.07) is 2.21. The number of carbonyl (C=O) groups is 1. The van der Waals surface area contributed by atoms with Crippen LogP contribution in [0.4, 0.5) is 10.8 Å². The Morgan fingerprint density at radius 2 is 2.14 bits per heavy atom. The van der Waals surface area contributed by atoms with E-state index in [0.29, 0.717) is 9.47 Å². The molecule has 110 valence electrons. The van der Waals surface area contributed by atoms with E-state index in [2.05, 4.69) is 15.2 Å². The van der Waals surface area contributed by atoms with Gasteiger partial charge in [-0.15, -0.1) is 10.2 Å². The molecule has 0 aromatic carbocycles. The van der Waals surface area contributed by atoms with Crippen LogP contribution in [-0.4, -0.2) is 45.3 Å². The number of aromatic nitrogens is 3. The van der Waals surface area contributed by atoms with Crippen molar-refractivity contribution in [2.45, 2.75) is 9.37 Å². The zero-order valence-corrected chi connectivity index (χ0v) is 12.5. The Hall–Kier alpha value is -2.27. The second kappa shape index (κ2) is 6.01. The van der Waals surface area contributed by atoms with Crippen molar-refractivity contribution in [1.29, 1.82) is 0 Å². The van der Waals surface area contributed by atoms with E-state index in [9.17, 15) is 14.9 Å².